The molecular weight excluding hydrogens is 382 g/mol. The average molecular weight is 410 g/mol. The first-order valence-corrected chi connectivity index (χ1v) is 10.6. The molecule has 5 nitrogen and oxygen atoms in total. The molecule has 1 aromatic carbocycles. The number of aromatic nitrogens is 2. The predicted octanol–water partition coefficient (Wildman–Crippen LogP) is 4.59. The van der Waals surface area contributed by atoms with Gasteiger partial charge in [0.15, 0.2) is 5.16 Å². The number of hydrogen-bond donors (Lipinski definition) is 0. The van der Waals surface area contributed by atoms with Crippen LogP contribution in [0.3, 0.4) is 0 Å². The van der Waals surface area contributed by atoms with Gasteiger partial charge in [0.1, 0.15) is 0 Å². The molecule has 148 valence electrons. The quantitative estimate of drug-likeness (QED) is 0.496. The Kier molecular flexibility index (Phi) is 7.34. The molecule has 1 heterocycles. The molecule has 1 atom stereocenters. The minimum atomic E-state index is -0.346. The zero-order valence-electron chi connectivity index (χ0n) is 16.8. The maximum absolute atomic E-state index is 13.0. The number of hydrogen-bond acceptors (Lipinski definition) is 4. The standard InChI is InChI=1S/C20H28ClN3O2S/c1-7-10-23-19(26)16-9-8-15(21)11-17(16)22-20(23)27-14(6)18(25)24(12(2)3)13(4)5/h8-9,11-14H,7,10H2,1-6H3/t14-/m0/s1. The maximum Gasteiger partial charge on any atom is 0.262 e. The van der Waals surface area contributed by atoms with Gasteiger partial charge in [-0.2, -0.15) is 0 Å². The molecule has 0 saturated heterocycles. The van der Waals surface area contributed by atoms with Gasteiger partial charge in [-0.15, -0.1) is 0 Å². The molecule has 2 aromatic rings. The Morgan fingerprint density at radius 1 is 1.22 bits per heavy atom. The van der Waals surface area contributed by atoms with Crippen LogP contribution in [0.1, 0.15) is 48.0 Å². The van der Waals surface area contributed by atoms with Crippen molar-refractivity contribution in [3.8, 4) is 0 Å². The monoisotopic (exact) mass is 409 g/mol. The molecular formula is C20H28ClN3O2S. The zero-order chi connectivity index (χ0) is 20.3. The van der Waals surface area contributed by atoms with E-state index in [1.54, 1.807) is 22.8 Å². The molecule has 0 saturated carbocycles. The van der Waals surface area contributed by atoms with Gasteiger partial charge in [-0.3, -0.25) is 14.2 Å². The number of thioether (sulfide) groups is 1. The molecule has 0 spiro atoms. The van der Waals surface area contributed by atoms with Crippen molar-refractivity contribution in [1.82, 2.24) is 14.5 Å². The summed E-state index contributed by atoms with van der Waals surface area (Å²) in [7, 11) is 0. The summed E-state index contributed by atoms with van der Waals surface area (Å²) in [6, 6.07) is 5.33. The van der Waals surface area contributed by atoms with E-state index in [4.69, 9.17) is 11.6 Å². The summed E-state index contributed by atoms with van der Waals surface area (Å²) in [6.07, 6.45) is 0.806. The lowest BCUT2D eigenvalue weighted by Gasteiger charge is -2.33. The van der Waals surface area contributed by atoms with Crippen LogP contribution in [0.2, 0.25) is 5.02 Å². The average Bonchev–Trinajstić information content (AvgIpc) is 2.57. The van der Waals surface area contributed by atoms with E-state index in [2.05, 4.69) is 4.98 Å². The molecule has 1 amide bonds. The van der Waals surface area contributed by atoms with E-state index in [0.29, 0.717) is 27.6 Å². The largest absolute Gasteiger partial charge is 0.337 e. The fraction of sp³-hybridized carbons (Fsp3) is 0.550. The number of amides is 1. The van der Waals surface area contributed by atoms with Gasteiger partial charge in [-0.25, -0.2) is 4.98 Å². The van der Waals surface area contributed by atoms with E-state index in [0.717, 1.165) is 6.42 Å². The highest BCUT2D eigenvalue weighted by molar-refractivity contribution is 8.00. The molecule has 0 unspecified atom stereocenters. The van der Waals surface area contributed by atoms with Gasteiger partial charge in [0, 0.05) is 23.7 Å². The molecule has 0 aliphatic rings. The number of fused-ring (bicyclic) bond motifs is 1. The molecule has 0 radical (unpaired) electrons. The zero-order valence-corrected chi connectivity index (χ0v) is 18.4. The molecule has 0 aliphatic carbocycles. The van der Waals surface area contributed by atoms with Crippen molar-refractivity contribution < 1.29 is 4.79 Å². The maximum atomic E-state index is 13.0. The van der Waals surface area contributed by atoms with E-state index >= 15 is 0 Å². The summed E-state index contributed by atoms with van der Waals surface area (Å²) in [6.45, 7) is 12.5. The third-order valence-electron chi connectivity index (χ3n) is 4.33. The van der Waals surface area contributed by atoms with Crippen LogP contribution < -0.4 is 5.56 Å². The van der Waals surface area contributed by atoms with E-state index in [-0.39, 0.29) is 28.8 Å². The molecule has 0 N–H and O–H groups in total. The second-order valence-electron chi connectivity index (χ2n) is 7.21. The summed E-state index contributed by atoms with van der Waals surface area (Å²) in [4.78, 5) is 32.4. The van der Waals surface area contributed by atoms with Gasteiger partial charge in [0.25, 0.3) is 5.56 Å². The summed E-state index contributed by atoms with van der Waals surface area (Å²) in [5.74, 6) is 0.0495. The van der Waals surface area contributed by atoms with Crippen molar-refractivity contribution in [2.24, 2.45) is 0 Å². The normalized spacial score (nSPS) is 12.8. The van der Waals surface area contributed by atoms with Crippen LogP contribution in [0.5, 0.6) is 0 Å². The first kappa shape index (κ1) is 21.8. The topological polar surface area (TPSA) is 55.2 Å². The van der Waals surface area contributed by atoms with Crippen molar-refractivity contribution in [3.05, 3.63) is 33.6 Å². The third kappa shape index (κ3) is 4.85. The van der Waals surface area contributed by atoms with Crippen molar-refractivity contribution >= 4 is 40.2 Å². The van der Waals surface area contributed by atoms with Crippen molar-refractivity contribution in [3.63, 3.8) is 0 Å². The van der Waals surface area contributed by atoms with E-state index in [1.165, 1.54) is 11.8 Å². The lowest BCUT2D eigenvalue weighted by atomic mass is 10.2. The minimum absolute atomic E-state index is 0.0495. The SMILES string of the molecule is CCCn1c(S[C@@H](C)C(=O)N(C(C)C)C(C)C)nc2cc(Cl)ccc2c1=O. The summed E-state index contributed by atoms with van der Waals surface area (Å²) in [5.41, 5.74) is 0.469. The van der Waals surface area contributed by atoms with Gasteiger partial charge in [-0.1, -0.05) is 30.3 Å². The Labute approximate surface area is 170 Å². The van der Waals surface area contributed by atoms with Crippen molar-refractivity contribution in [1.29, 1.82) is 0 Å². The van der Waals surface area contributed by atoms with Crippen LogP contribution in [-0.2, 0) is 11.3 Å². The van der Waals surface area contributed by atoms with E-state index in [9.17, 15) is 9.59 Å². The van der Waals surface area contributed by atoms with Crippen LogP contribution in [0, 0.1) is 0 Å². The van der Waals surface area contributed by atoms with Gasteiger partial charge < -0.3 is 4.90 Å². The van der Waals surface area contributed by atoms with Crippen LogP contribution >= 0.6 is 23.4 Å². The van der Waals surface area contributed by atoms with Gasteiger partial charge >= 0.3 is 0 Å². The Bertz CT molecular complexity index is 871. The second-order valence-corrected chi connectivity index (χ2v) is 8.95. The Morgan fingerprint density at radius 2 is 1.85 bits per heavy atom. The second kappa shape index (κ2) is 9.11. The van der Waals surface area contributed by atoms with Crippen LogP contribution in [0.4, 0.5) is 0 Å². The lowest BCUT2D eigenvalue weighted by Crippen LogP contribution is -2.45. The van der Waals surface area contributed by atoms with Crippen LogP contribution in [0.15, 0.2) is 28.2 Å². The fourth-order valence-electron chi connectivity index (χ4n) is 3.21. The van der Waals surface area contributed by atoms with E-state index < -0.39 is 0 Å². The summed E-state index contributed by atoms with van der Waals surface area (Å²) >= 11 is 7.41. The summed E-state index contributed by atoms with van der Waals surface area (Å²) < 4.78 is 1.67. The van der Waals surface area contributed by atoms with Crippen molar-refractivity contribution in [2.75, 3.05) is 0 Å². The predicted molar refractivity (Wildman–Crippen MR) is 114 cm³/mol. The Balaban J connectivity index is 2.46. The molecule has 0 bridgehead atoms. The molecule has 7 heteroatoms. The van der Waals surface area contributed by atoms with Gasteiger partial charge in [0.2, 0.25) is 5.91 Å². The summed E-state index contributed by atoms with van der Waals surface area (Å²) in [5, 5.41) is 1.29. The number of benzene rings is 1. The number of nitrogens with zero attached hydrogens (tertiary/aromatic N) is 3. The first-order valence-electron chi connectivity index (χ1n) is 9.36. The van der Waals surface area contributed by atoms with Crippen LogP contribution in [-0.4, -0.2) is 37.7 Å². The van der Waals surface area contributed by atoms with Crippen LogP contribution in [0.25, 0.3) is 10.9 Å². The number of rotatable bonds is 7. The minimum Gasteiger partial charge on any atom is -0.337 e. The molecule has 27 heavy (non-hydrogen) atoms. The molecule has 0 fully saturated rings. The fourth-order valence-corrected chi connectivity index (χ4v) is 4.37. The lowest BCUT2D eigenvalue weighted by molar-refractivity contribution is -0.133. The first-order chi connectivity index (χ1) is 12.7. The van der Waals surface area contributed by atoms with Crippen molar-refractivity contribution in [2.45, 2.75) is 77.0 Å². The molecule has 0 aliphatic heterocycles. The van der Waals surface area contributed by atoms with E-state index in [1.807, 2.05) is 46.4 Å². The van der Waals surface area contributed by atoms with Gasteiger partial charge in [0.05, 0.1) is 16.2 Å². The Hall–Kier alpha value is -1.53. The third-order valence-corrected chi connectivity index (χ3v) is 5.64. The highest BCUT2D eigenvalue weighted by atomic mass is 35.5. The number of carbonyl (C=O) groups is 1. The highest BCUT2D eigenvalue weighted by Gasteiger charge is 2.27. The molecule has 1 aromatic heterocycles. The number of halogens is 1. The molecule has 2 rings (SSSR count). The number of carbonyl (C=O) groups excluding carboxylic acids is 1. The smallest absolute Gasteiger partial charge is 0.262 e. The Morgan fingerprint density at radius 3 is 2.41 bits per heavy atom. The highest BCUT2D eigenvalue weighted by Crippen LogP contribution is 2.26. The van der Waals surface area contributed by atoms with Gasteiger partial charge in [-0.05, 0) is 59.2 Å².